The summed E-state index contributed by atoms with van der Waals surface area (Å²) in [6.07, 6.45) is 12.2. The van der Waals surface area contributed by atoms with E-state index in [1.54, 1.807) is 18.5 Å². The van der Waals surface area contributed by atoms with Crippen molar-refractivity contribution >= 4 is 12.0 Å². The number of aromatic nitrogens is 1. The second-order valence-electron chi connectivity index (χ2n) is 3.20. The molecule has 0 spiro atoms. The number of esters is 1. The van der Waals surface area contributed by atoms with E-state index < -0.39 is 0 Å². The van der Waals surface area contributed by atoms with Gasteiger partial charge in [-0.3, -0.25) is 9.78 Å². The third kappa shape index (κ3) is 4.43. The molecule has 3 nitrogen and oxygen atoms in total. The van der Waals surface area contributed by atoms with Gasteiger partial charge in [0.05, 0.1) is 0 Å². The molecule has 1 heterocycles. The fourth-order valence-corrected chi connectivity index (χ4v) is 1.17. The number of pyridine rings is 1. The molecule has 1 aromatic heterocycles. The van der Waals surface area contributed by atoms with Gasteiger partial charge in [-0.25, -0.2) is 0 Å². The Morgan fingerprint density at radius 3 is 3.12 bits per heavy atom. The first-order valence-electron chi connectivity index (χ1n) is 4.91. The molecule has 1 unspecified atom stereocenters. The van der Waals surface area contributed by atoms with Crippen molar-refractivity contribution in [1.29, 1.82) is 0 Å². The van der Waals surface area contributed by atoms with Gasteiger partial charge in [-0.05, 0) is 17.7 Å². The van der Waals surface area contributed by atoms with E-state index in [9.17, 15) is 4.79 Å². The average Bonchev–Trinajstić information content (AvgIpc) is 2.27. The van der Waals surface area contributed by atoms with E-state index in [1.807, 2.05) is 18.2 Å². The maximum atomic E-state index is 10.8. The van der Waals surface area contributed by atoms with Gasteiger partial charge in [-0.15, -0.1) is 12.3 Å². The maximum absolute atomic E-state index is 10.8. The first-order chi connectivity index (χ1) is 7.72. The van der Waals surface area contributed by atoms with Crippen molar-refractivity contribution in [1.82, 2.24) is 4.98 Å². The van der Waals surface area contributed by atoms with E-state index in [0.29, 0.717) is 6.42 Å². The van der Waals surface area contributed by atoms with Crippen molar-refractivity contribution in [2.45, 2.75) is 19.4 Å². The van der Waals surface area contributed by atoms with Crippen LogP contribution in [0.5, 0.6) is 0 Å². The zero-order valence-electron chi connectivity index (χ0n) is 9.09. The van der Waals surface area contributed by atoms with Crippen LogP contribution in [-0.4, -0.2) is 17.1 Å². The fraction of sp³-hybridized carbons (Fsp3) is 0.231. The van der Waals surface area contributed by atoms with Crippen LogP contribution in [0.4, 0.5) is 0 Å². The summed E-state index contributed by atoms with van der Waals surface area (Å²) in [5.41, 5.74) is 0.941. The first kappa shape index (κ1) is 12.0. The molecule has 0 saturated carbocycles. The normalized spacial score (nSPS) is 12.0. The Labute approximate surface area is 95.2 Å². The van der Waals surface area contributed by atoms with Crippen molar-refractivity contribution in [3.63, 3.8) is 0 Å². The summed E-state index contributed by atoms with van der Waals surface area (Å²) in [7, 11) is 0. The SMILES string of the molecule is C#CCC(/C=C/c1cccnc1)OC(C)=O. The zero-order chi connectivity index (χ0) is 11.8. The summed E-state index contributed by atoms with van der Waals surface area (Å²) in [6.45, 7) is 1.36. The van der Waals surface area contributed by atoms with Crippen molar-refractivity contribution in [3.05, 3.63) is 36.2 Å². The second kappa shape index (κ2) is 6.41. The Bertz CT molecular complexity index is 404. The van der Waals surface area contributed by atoms with Gasteiger partial charge < -0.3 is 4.74 Å². The lowest BCUT2D eigenvalue weighted by Crippen LogP contribution is -2.12. The van der Waals surface area contributed by atoms with E-state index in [1.165, 1.54) is 6.92 Å². The molecule has 1 aromatic rings. The van der Waals surface area contributed by atoms with E-state index in [4.69, 9.17) is 11.2 Å². The minimum atomic E-state index is -0.372. The molecule has 0 aromatic carbocycles. The smallest absolute Gasteiger partial charge is 0.303 e. The number of ether oxygens (including phenoxy) is 1. The second-order valence-corrected chi connectivity index (χ2v) is 3.20. The minimum absolute atomic E-state index is 0.337. The van der Waals surface area contributed by atoms with Crippen molar-refractivity contribution in [3.8, 4) is 12.3 Å². The van der Waals surface area contributed by atoms with Crippen LogP contribution in [-0.2, 0) is 9.53 Å². The Morgan fingerprint density at radius 2 is 2.56 bits per heavy atom. The number of rotatable bonds is 4. The van der Waals surface area contributed by atoms with E-state index >= 15 is 0 Å². The Hall–Kier alpha value is -2.08. The van der Waals surface area contributed by atoms with Crippen LogP contribution in [0.15, 0.2) is 30.6 Å². The Balaban J connectivity index is 2.64. The molecule has 16 heavy (non-hydrogen) atoms. The highest BCUT2D eigenvalue weighted by Crippen LogP contribution is 2.05. The van der Waals surface area contributed by atoms with Gasteiger partial charge in [-0.1, -0.05) is 12.1 Å². The molecular formula is C13H13NO2. The highest BCUT2D eigenvalue weighted by atomic mass is 16.5. The number of hydrogen-bond donors (Lipinski definition) is 0. The molecule has 0 radical (unpaired) electrons. The summed E-state index contributed by atoms with van der Waals surface area (Å²) in [5.74, 6) is 2.13. The van der Waals surface area contributed by atoms with Crippen LogP contribution >= 0.6 is 0 Å². The number of carbonyl (C=O) groups is 1. The van der Waals surface area contributed by atoms with Crippen LogP contribution in [0.1, 0.15) is 18.9 Å². The quantitative estimate of drug-likeness (QED) is 0.570. The van der Waals surface area contributed by atoms with Gasteiger partial charge in [0.2, 0.25) is 0 Å². The summed E-state index contributed by atoms with van der Waals surface area (Å²) in [6, 6.07) is 3.74. The molecule has 0 aliphatic heterocycles. The molecule has 0 aliphatic carbocycles. The Morgan fingerprint density at radius 1 is 1.75 bits per heavy atom. The summed E-state index contributed by atoms with van der Waals surface area (Å²) in [5, 5.41) is 0. The molecule has 0 N–H and O–H groups in total. The minimum Gasteiger partial charge on any atom is -0.457 e. The van der Waals surface area contributed by atoms with Gasteiger partial charge in [-0.2, -0.15) is 0 Å². The third-order valence-corrected chi connectivity index (χ3v) is 1.82. The van der Waals surface area contributed by atoms with Crippen molar-refractivity contribution in [2.75, 3.05) is 0 Å². The van der Waals surface area contributed by atoms with E-state index in [-0.39, 0.29) is 12.1 Å². The number of hydrogen-bond acceptors (Lipinski definition) is 3. The molecule has 1 rings (SSSR count). The molecule has 0 amide bonds. The van der Waals surface area contributed by atoms with E-state index in [0.717, 1.165) is 5.56 Å². The molecular weight excluding hydrogens is 202 g/mol. The van der Waals surface area contributed by atoms with E-state index in [2.05, 4.69) is 10.9 Å². The predicted octanol–water partition coefficient (Wildman–Crippen LogP) is 2.05. The number of carbonyl (C=O) groups excluding carboxylic acids is 1. The van der Waals surface area contributed by atoms with Gasteiger partial charge >= 0.3 is 5.97 Å². The zero-order valence-corrected chi connectivity index (χ0v) is 9.09. The van der Waals surface area contributed by atoms with Crippen LogP contribution in [0.2, 0.25) is 0 Å². The molecule has 0 saturated heterocycles. The highest BCUT2D eigenvalue weighted by Gasteiger charge is 2.05. The first-order valence-corrected chi connectivity index (χ1v) is 4.91. The van der Waals surface area contributed by atoms with Crippen molar-refractivity contribution < 1.29 is 9.53 Å². The average molecular weight is 215 g/mol. The monoisotopic (exact) mass is 215 g/mol. The molecule has 0 fully saturated rings. The van der Waals surface area contributed by atoms with Crippen molar-refractivity contribution in [2.24, 2.45) is 0 Å². The largest absolute Gasteiger partial charge is 0.457 e. The summed E-state index contributed by atoms with van der Waals surface area (Å²) < 4.78 is 5.02. The number of terminal acetylenes is 1. The van der Waals surface area contributed by atoms with Crippen LogP contribution in [0.25, 0.3) is 6.08 Å². The number of nitrogens with zero attached hydrogens (tertiary/aromatic N) is 1. The van der Waals surface area contributed by atoms with Gasteiger partial charge in [0, 0.05) is 25.7 Å². The van der Waals surface area contributed by atoms with Crippen LogP contribution in [0, 0.1) is 12.3 Å². The summed E-state index contributed by atoms with van der Waals surface area (Å²) >= 11 is 0. The lowest BCUT2D eigenvalue weighted by molar-refractivity contribution is -0.143. The molecule has 1 atom stereocenters. The topological polar surface area (TPSA) is 39.2 Å². The molecule has 0 bridgehead atoms. The third-order valence-electron chi connectivity index (χ3n) is 1.82. The van der Waals surface area contributed by atoms with Gasteiger partial charge in [0.25, 0.3) is 0 Å². The predicted molar refractivity (Wildman–Crippen MR) is 62.3 cm³/mol. The Kier molecular flexibility index (Phi) is 4.81. The fourth-order valence-electron chi connectivity index (χ4n) is 1.17. The van der Waals surface area contributed by atoms with Gasteiger partial charge in [0.1, 0.15) is 6.10 Å². The molecule has 0 aliphatic rings. The highest BCUT2D eigenvalue weighted by molar-refractivity contribution is 5.66. The molecule has 3 heteroatoms. The molecule has 82 valence electrons. The van der Waals surface area contributed by atoms with Crippen LogP contribution in [0.3, 0.4) is 0 Å². The lowest BCUT2D eigenvalue weighted by atomic mass is 10.2. The van der Waals surface area contributed by atoms with Gasteiger partial charge in [0.15, 0.2) is 0 Å². The standard InChI is InChI=1S/C13H13NO2/c1-3-5-13(16-11(2)15)8-7-12-6-4-9-14-10-12/h1,4,6-10,13H,5H2,2H3/b8-7+. The maximum Gasteiger partial charge on any atom is 0.303 e. The summed E-state index contributed by atoms with van der Waals surface area (Å²) in [4.78, 5) is 14.8. The lowest BCUT2D eigenvalue weighted by Gasteiger charge is -2.09. The van der Waals surface area contributed by atoms with Crippen LogP contribution < -0.4 is 0 Å².